The van der Waals surface area contributed by atoms with Gasteiger partial charge in [0.15, 0.2) is 0 Å². The van der Waals surface area contributed by atoms with Crippen molar-refractivity contribution in [2.75, 3.05) is 38.2 Å². The Labute approximate surface area is 177 Å². The lowest BCUT2D eigenvalue weighted by atomic mass is 9.98. The second-order valence-corrected chi connectivity index (χ2v) is 8.88. The average molecular weight is 443 g/mol. The van der Waals surface area contributed by atoms with E-state index in [1.807, 2.05) is 13.8 Å². The van der Waals surface area contributed by atoms with Gasteiger partial charge in [-0.05, 0) is 31.0 Å². The molecule has 1 aliphatic rings. The van der Waals surface area contributed by atoms with Crippen LogP contribution in [0.1, 0.15) is 27.2 Å². The molecule has 0 aromatic heterocycles. The molecular weight excluding hydrogens is 412 g/mol. The third-order valence-corrected chi connectivity index (χ3v) is 6.81. The number of nitrogens with zero attached hydrogens (tertiary/aromatic N) is 1. The molecule has 0 bridgehead atoms. The summed E-state index contributed by atoms with van der Waals surface area (Å²) in [7, 11) is -3.85. The third-order valence-electron chi connectivity index (χ3n) is 4.89. The number of nitrogens with one attached hydrogen (secondary N) is 2. The Morgan fingerprint density at radius 2 is 1.93 bits per heavy atom. The van der Waals surface area contributed by atoms with E-state index in [-0.39, 0.29) is 41.9 Å². The zero-order valence-corrected chi connectivity index (χ0v) is 18.3. The molecular formula is C19H30N4O6S. The van der Waals surface area contributed by atoms with Gasteiger partial charge in [-0.2, -0.15) is 4.31 Å². The Balaban J connectivity index is 2.34. The van der Waals surface area contributed by atoms with Crippen LogP contribution in [0.15, 0.2) is 23.1 Å². The van der Waals surface area contributed by atoms with Crippen molar-refractivity contribution >= 4 is 27.6 Å². The van der Waals surface area contributed by atoms with Gasteiger partial charge in [0.25, 0.3) is 0 Å². The van der Waals surface area contributed by atoms with E-state index in [0.29, 0.717) is 19.6 Å². The Morgan fingerprint density at radius 1 is 1.27 bits per heavy atom. The van der Waals surface area contributed by atoms with Crippen molar-refractivity contribution < 1.29 is 27.5 Å². The van der Waals surface area contributed by atoms with Gasteiger partial charge in [0.2, 0.25) is 15.9 Å². The van der Waals surface area contributed by atoms with E-state index in [9.17, 15) is 18.0 Å². The Morgan fingerprint density at radius 3 is 2.50 bits per heavy atom. The van der Waals surface area contributed by atoms with Crippen LogP contribution >= 0.6 is 0 Å². The largest absolute Gasteiger partial charge is 0.492 e. The van der Waals surface area contributed by atoms with Gasteiger partial charge < -0.3 is 25.8 Å². The number of benzene rings is 1. The van der Waals surface area contributed by atoms with Gasteiger partial charge >= 0.3 is 6.03 Å². The highest BCUT2D eigenvalue weighted by Crippen LogP contribution is 2.30. The molecule has 2 atom stereocenters. The zero-order valence-electron chi connectivity index (χ0n) is 17.5. The first-order chi connectivity index (χ1) is 14.2. The first kappa shape index (κ1) is 23.9. The number of hydrogen-bond acceptors (Lipinski definition) is 6. The maximum absolute atomic E-state index is 13.2. The van der Waals surface area contributed by atoms with Crippen LogP contribution in [-0.2, 0) is 19.6 Å². The number of rotatable bonds is 9. The van der Waals surface area contributed by atoms with Crippen LogP contribution in [0.2, 0.25) is 0 Å². The molecule has 1 saturated heterocycles. The summed E-state index contributed by atoms with van der Waals surface area (Å²) in [6, 6.07) is 2.77. The summed E-state index contributed by atoms with van der Waals surface area (Å²) in [5, 5.41) is 5.12. The Bertz CT molecular complexity index is 855. The van der Waals surface area contributed by atoms with Gasteiger partial charge in [-0.3, -0.25) is 4.79 Å². The van der Waals surface area contributed by atoms with Crippen molar-refractivity contribution in [1.82, 2.24) is 9.62 Å². The molecule has 4 N–H and O–H groups in total. The molecule has 1 aromatic rings. The molecule has 2 unspecified atom stereocenters. The summed E-state index contributed by atoms with van der Waals surface area (Å²) in [6.45, 7) is 6.85. The molecule has 1 aromatic carbocycles. The summed E-state index contributed by atoms with van der Waals surface area (Å²) >= 11 is 0. The van der Waals surface area contributed by atoms with E-state index in [1.54, 1.807) is 13.0 Å². The van der Waals surface area contributed by atoms with E-state index in [0.717, 1.165) is 0 Å². The van der Waals surface area contributed by atoms with Crippen LogP contribution in [0.4, 0.5) is 10.5 Å². The lowest BCUT2D eigenvalue weighted by Crippen LogP contribution is -2.49. The van der Waals surface area contributed by atoms with Crippen molar-refractivity contribution in [3.05, 3.63) is 18.2 Å². The number of anilines is 1. The summed E-state index contributed by atoms with van der Waals surface area (Å²) < 4.78 is 38.4. The zero-order chi connectivity index (χ0) is 22.3. The molecule has 0 radical (unpaired) electrons. The fourth-order valence-corrected chi connectivity index (χ4v) is 4.63. The van der Waals surface area contributed by atoms with E-state index < -0.39 is 28.0 Å². The number of urea groups is 1. The van der Waals surface area contributed by atoms with E-state index in [4.69, 9.17) is 15.2 Å². The fourth-order valence-electron chi connectivity index (χ4n) is 3.06. The second-order valence-electron chi connectivity index (χ2n) is 6.97. The highest BCUT2D eigenvalue weighted by molar-refractivity contribution is 7.89. The van der Waals surface area contributed by atoms with Crippen molar-refractivity contribution in [3.8, 4) is 5.75 Å². The number of nitrogens with two attached hydrogens (primary N) is 1. The molecule has 30 heavy (non-hydrogen) atoms. The number of primary amides is 1. The highest BCUT2D eigenvalue weighted by atomic mass is 32.2. The van der Waals surface area contributed by atoms with Crippen molar-refractivity contribution in [2.24, 2.45) is 11.7 Å². The van der Waals surface area contributed by atoms with Crippen molar-refractivity contribution in [3.63, 3.8) is 0 Å². The predicted octanol–water partition coefficient (Wildman–Crippen LogP) is 1.13. The van der Waals surface area contributed by atoms with Gasteiger partial charge in [0.05, 0.1) is 19.8 Å². The van der Waals surface area contributed by atoms with Crippen LogP contribution < -0.4 is 21.1 Å². The molecule has 168 valence electrons. The molecule has 0 spiro atoms. The lowest BCUT2D eigenvalue weighted by Gasteiger charge is -2.27. The topological polar surface area (TPSA) is 140 Å². The van der Waals surface area contributed by atoms with Crippen molar-refractivity contribution in [2.45, 2.75) is 38.1 Å². The maximum Gasteiger partial charge on any atom is 0.312 e. The van der Waals surface area contributed by atoms with Gasteiger partial charge in [0.1, 0.15) is 16.7 Å². The van der Waals surface area contributed by atoms with E-state index in [2.05, 4.69) is 10.6 Å². The average Bonchev–Trinajstić information content (AvgIpc) is 2.73. The molecule has 1 heterocycles. The standard InChI is InChI=1S/C19H30N4O6S/c1-4-13(3)17(22-19(20)25)18(24)21-14-6-7-15(29-5-2)16(12-14)30(26,27)23-8-10-28-11-9-23/h6-7,12-13,17H,4-5,8-11H2,1-3H3,(H,21,24)(H3,20,22,25). The molecule has 1 fully saturated rings. The van der Waals surface area contributed by atoms with Crippen LogP contribution in [-0.4, -0.2) is 63.6 Å². The number of sulfonamides is 1. The summed E-state index contributed by atoms with van der Waals surface area (Å²) in [6.07, 6.45) is 0.637. The van der Waals surface area contributed by atoms with Crippen LogP contribution in [0.5, 0.6) is 5.75 Å². The summed E-state index contributed by atoms with van der Waals surface area (Å²) in [5.41, 5.74) is 5.47. The number of amides is 3. The first-order valence-electron chi connectivity index (χ1n) is 9.92. The number of ether oxygens (including phenoxy) is 2. The smallest absolute Gasteiger partial charge is 0.312 e. The van der Waals surface area contributed by atoms with E-state index >= 15 is 0 Å². The second kappa shape index (κ2) is 10.6. The lowest BCUT2D eigenvalue weighted by molar-refractivity contribution is -0.119. The molecule has 10 nitrogen and oxygen atoms in total. The SMILES string of the molecule is CCOc1ccc(NC(=O)C(NC(N)=O)C(C)CC)cc1S(=O)(=O)N1CCOCC1. The van der Waals surface area contributed by atoms with Crippen molar-refractivity contribution in [1.29, 1.82) is 0 Å². The van der Waals surface area contributed by atoms with Gasteiger partial charge in [0, 0.05) is 18.8 Å². The summed E-state index contributed by atoms with van der Waals surface area (Å²) in [4.78, 5) is 24.0. The molecule has 11 heteroatoms. The minimum Gasteiger partial charge on any atom is -0.492 e. The number of carbonyl (C=O) groups is 2. The number of carbonyl (C=O) groups excluding carboxylic acids is 2. The van der Waals surface area contributed by atoms with Gasteiger partial charge in [-0.25, -0.2) is 13.2 Å². The Hall–Kier alpha value is -2.37. The minimum atomic E-state index is -3.85. The van der Waals surface area contributed by atoms with Gasteiger partial charge in [-0.1, -0.05) is 20.3 Å². The normalized spacial score (nSPS) is 17.0. The molecule has 1 aliphatic heterocycles. The fraction of sp³-hybridized carbons (Fsp3) is 0.579. The third kappa shape index (κ3) is 5.83. The Kier molecular flexibility index (Phi) is 8.44. The highest BCUT2D eigenvalue weighted by Gasteiger charge is 2.30. The van der Waals surface area contributed by atoms with E-state index in [1.165, 1.54) is 16.4 Å². The van der Waals surface area contributed by atoms with Gasteiger partial charge in [-0.15, -0.1) is 0 Å². The predicted molar refractivity (Wildman–Crippen MR) is 112 cm³/mol. The molecule has 3 amide bonds. The number of hydrogen-bond donors (Lipinski definition) is 3. The quantitative estimate of drug-likeness (QED) is 0.524. The molecule has 0 aliphatic carbocycles. The number of morpholine rings is 1. The molecule has 2 rings (SSSR count). The molecule has 0 saturated carbocycles. The minimum absolute atomic E-state index is 0.0352. The monoisotopic (exact) mass is 442 g/mol. The maximum atomic E-state index is 13.2. The summed E-state index contributed by atoms with van der Waals surface area (Å²) in [5.74, 6) is -0.450. The first-order valence-corrected chi connectivity index (χ1v) is 11.4. The van der Waals surface area contributed by atoms with Crippen LogP contribution in [0.3, 0.4) is 0 Å². The van der Waals surface area contributed by atoms with Crippen LogP contribution in [0, 0.1) is 5.92 Å². The van der Waals surface area contributed by atoms with Crippen LogP contribution in [0.25, 0.3) is 0 Å².